The van der Waals surface area contributed by atoms with Gasteiger partial charge in [0, 0.05) is 16.7 Å². The molecule has 72 heavy (non-hydrogen) atoms. The van der Waals surface area contributed by atoms with Crippen LogP contribution in [0.2, 0.25) is 0 Å². The number of hydrogen-bond acceptors (Lipinski definition) is 3. The Morgan fingerprint density at radius 3 is 0.611 bits per heavy atom. The molecule has 0 radical (unpaired) electrons. The highest BCUT2D eigenvalue weighted by Gasteiger charge is 2.16. The lowest BCUT2D eigenvalue weighted by Gasteiger charge is -2.14. The van der Waals surface area contributed by atoms with Crippen LogP contribution in [-0.4, -0.2) is 15.0 Å². The van der Waals surface area contributed by atoms with Crippen molar-refractivity contribution in [2.24, 2.45) is 0 Å². The molecule has 0 spiro atoms. The molecule has 338 valence electrons. The Hall–Kier alpha value is -9.57. The van der Waals surface area contributed by atoms with E-state index >= 15 is 0 Å². The van der Waals surface area contributed by atoms with Gasteiger partial charge in [-0.25, -0.2) is 15.0 Å². The van der Waals surface area contributed by atoms with Crippen LogP contribution in [0, 0.1) is 0 Å². The predicted octanol–water partition coefficient (Wildman–Crippen LogP) is 18.2. The summed E-state index contributed by atoms with van der Waals surface area (Å²) in [4.78, 5) is 15.6. The minimum Gasteiger partial charge on any atom is -0.208 e. The van der Waals surface area contributed by atoms with E-state index in [0.29, 0.717) is 17.5 Å². The van der Waals surface area contributed by atoms with Crippen LogP contribution >= 0.6 is 0 Å². The van der Waals surface area contributed by atoms with Gasteiger partial charge in [-0.05, 0) is 138 Å². The maximum atomic E-state index is 5.27. The van der Waals surface area contributed by atoms with Crippen LogP contribution in [0.15, 0.2) is 285 Å². The molecular weight excluding hydrogens is 871 g/mol. The van der Waals surface area contributed by atoms with Crippen LogP contribution in [0.25, 0.3) is 123 Å². The van der Waals surface area contributed by atoms with E-state index in [-0.39, 0.29) is 0 Å². The number of aromatic nitrogens is 3. The molecule has 3 heteroatoms. The monoisotopic (exact) mass is 917 g/mol. The van der Waals surface area contributed by atoms with Crippen molar-refractivity contribution in [1.29, 1.82) is 0 Å². The highest BCUT2D eigenvalue weighted by atomic mass is 15.0. The molecule has 0 amide bonds. The molecule has 3 nitrogen and oxygen atoms in total. The van der Waals surface area contributed by atoms with E-state index in [4.69, 9.17) is 15.0 Å². The van der Waals surface area contributed by atoms with E-state index in [9.17, 15) is 0 Å². The molecule has 0 atom stereocenters. The first kappa shape index (κ1) is 43.7. The van der Waals surface area contributed by atoms with E-state index in [0.717, 1.165) is 83.5 Å². The van der Waals surface area contributed by atoms with E-state index in [1.165, 1.54) is 22.3 Å². The van der Waals surface area contributed by atoms with Gasteiger partial charge in [0.2, 0.25) is 0 Å². The van der Waals surface area contributed by atoms with Crippen molar-refractivity contribution in [3.63, 3.8) is 0 Å². The minimum absolute atomic E-state index is 0.606. The van der Waals surface area contributed by atoms with Crippen molar-refractivity contribution in [1.82, 2.24) is 15.0 Å². The molecule has 0 N–H and O–H groups in total. The lowest BCUT2D eigenvalue weighted by Crippen LogP contribution is -2.00. The summed E-state index contributed by atoms with van der Waals surface area (Å²) in [5.41, 5.74) is 21.1. The molecule has 0 saturated heterocycles. The van der Waals surface area contributed by atoms with Gasteiger partial charge in [-0.1, -0.05) is 237 Å². The van der Waals surface area contributed by atoms with Crippen LogP contribution in [-0.2, 0) is 0 Å². The second-order valence-electron chi connectivity index (χ2n) is 18.1. The van der Waals surface area contributed by atoms with E-state index in [1.807, 2.05) is 18.2 Å². The second-order valence-corrected chi connectivity index (χ2v) is 18.1. The Morgan fingerprint density at radius 1 is 0.125 bits per heavy atom. The van der Waals surface area contributed by atoms with Crippen LogP contribution in [0.5, 0.6) is 0 Å². The van der Waals surface area contributed by atoms with Crippen molar-refractivity contribution in [2.45, 2.75) is 0 Å². The molecule has 0 aliphatic carbocycles. The third-order valence-electron chi connectivity index (χ3n) is 13.3. The first-order valence-electron chi connectivity index (χ1n) is 24.4. The fraction of sp³-hybridized carbons (Fsp3) is 0. The second kappa shape index (κ2) is 19.8. The molecule has 1 heterocycles. The number of benzene rings is 11. The van der Waals surface area contributed by atoms with Gasteiger partial charge >= 0.3 is 0 Å². The summed E-state index contributed by atoms with van der Waals surface area (Å²) >= 11 is 0. The van der Waals surface area contributed by atoms with E-state index < -0.39 is 0 Å². The minimum atomic E-state index is 0.606. The van der Waals surface area contributed by atoms with E-state index in [2.05, 4.69) is 267 Å². The van der Waals surface area contributed by atoms with Crippen LogP contribution < -0.4 is 0 Å². The average molecular weight is 918 g/mol. The maximum absolute atomic E-state index is 5.27. The zero-order valence-electron chi connectivity index (χ0n) is 39.5. The Balaban J connectivity index is 0.936. The highest BCUT2D eigenvalue weighted by Crippen LogP contribution is 2.38. The molecule has 12 aromatic rings. The Morgan fingerprint density at radius 2 is 0.306 bits per heavy atom. The van der Waals surface area contributed by atoms with Gasteiger partial charge < -0.3 is 0 Å². The van der Waals surface area contributed by atoms with Crippen molar-refractivity contribution in [2.75, 3.05) is 0 Å². The summed E-state index contributed by atoms with van der Waals surface area (Å²) in [7, 11) is 0. The maximum Gasteiger partial charge on any atom is 0.164 e. The van der Waals surface area contributed by atoms with Crippen LogP contribution in [0.3, 0.4) is 0 Å². The van der Waals surface area contributed by atoms with Gasteiger partial charge in [0.05, 0.1) is 0 Å². The molecule has 0 aliphatic rings. The lowest BCUT2D eigenvalue weighted by atomic mass is 9.92. The SMILES string of the molecule is c1ccc(-c2ccc(-c3cc(-c4ccccc4)cc(-c4cccc(-c5nc(-c6ccccc6)nc(-c6cccc(-c7cc(-c8ccccc8)cc(-c8ccc(-c9ccccc9)cc8)c7)c6)n5)c4)c3)cc2)cc1. The van der Waals surface area contributed by atoms with Gasteiger partial charge in [-0.3, -0.25) is 0 Å². The van der Waals surface area contributed by atoms with Gasteiger partial charge in [-0.15, -0.1) is 0 Å². The summed E-state index contributed by atoms with van der Waals surface area (Å²) in [5.74, 6) is 1.83. The topological polar surface area (TPSA) is 38.7 Å². The molecule has 0 bridgehead atoms. The zero-order chi connectivity index (χ0) is 48.1. The Kier molecular flexibility index (Phi) is 12.0. The molecular formula is C69H47N3. The van der Waals surface area contributed by atoms with Gasteiger partial charge in [0.25, 0.3) is 0 Å². The van der Waals surface area contributed by atoms with Crippen molar-refractivity contribution < 1.29 is 0 Å². The molecule has 0 saturated carbocycles. The number of hydrogen-bond donors (Lipinski definition) is 0. The fourth-order valence-electron chi connectivity index (χ4n) is 9.51. The zero-order valence-corrected chi connectivity index (χ0v) is 39.5. The standard InChI is InChI=1S/C69H47N3/c1-6-18-48(19-7-1)52-32-36-54(37-33-52)63-42-61(50-22-10-3-11-23-50)44-65(46-63)57-28-16-30-59(40-57)68-70-67(56-26-14-5-15-27-56)71-69(72-68)60-31-17-29-58(41-60)66-45-62(51-24-12-4-13-25-51)43-64(47-66)55-38-34-53(35-39-55)49-20-8-2-9-21-49/h1-47H. The first-order valence-corrected chi connectivity index (χ1v) is 24.4. The fourth-order valence-corrected chi connectivity index (χ4v) is 9.51. The highest BCUT2D eigenvalue weighted by molar-refractivity contribution is 5.85. The smallest absolute Gasteiger partial charge is 0.164 e. The first-order chi connectivity index (χ1) is 35.6. The van der Waals surface area contributed by atoms with E-state index in [1.54, 1.807) is 0 Å². The summed E-state index contributed by atoms with van der Waals surface area (Å²) < 4.78 is 0. The summed E-state index contributed by atoms with van der Waals surface area (Å²) in [6.07, 6.45) is 0. The summed E-state index contributed by atoms with van der Waals surface area (Å²) in [5, 5.41) is 0. The molecule has 0 unspecified atom stereocenters. The quantitative estimate of drug-likeness (QED) is 0.130. The predicted molar refractivity (Wildman–Crippen MR) is 300 cm³/mol. The van der Waals surface area contributed by atoms with Crippen molar-refractivity contribution in [3.05, 3.63) is 285 Å². The number of nitrogens with zero attached hydrogens (tertiary/aromatic N) is 3. The van der Waals surface area contributed by atoms with Crippen LogP contribution in [0.1, 0.15) is 0 Å². The molecule has 11 aromatic carbocycles. The normalized spacial score (nSPS) is 11.1. The molecule has 12 rings (SSSR count). The van der Waals surface area contributed by atoms with Crippen molar-refractivity contribution >= 4 is 0 Å². The molecule has 0 fully saturated rings. The third-order valence-corrected chi connectivity index (χ3v) is 13.3. The van der Waals surface area contributed by atoms with Gasteiger partial charge in [-0.2, -0.15) is 0 Å². The van der Waals surface area contributed by atoms with Gasteiger partial charge in [0.15, 0.2) is 17.5 Å². The Bertz CT molecular complexity index is 3570. The average Bonchev–Trinajstić information content (AvgIpc) is 3.48. The number of rotatable bonds is 11. The summed E-state index contributed by atoms with van der Waals surface area (Å²) in [6.45, 7) is 0. The largest absolute Gasteiger partial charge is 0.208 e. The Labute approximate surface area is 421 Å². The lowest BCUT2D eigenvalue weighted by molar-refractivity contribution is 1.07. The van der Waals surface area contributed by atoms with Gasteiger partial charge in [0.1, 0.15) is 0 Å². The van der Waals surface area contributed by atoms with Crippen LogP contribution in [0.4, 0.5) is 0 Å². The summed E-state index contributed by atoms with van der Waals surface area (Å²) in [6, 6.07) is 101. The molecule has 1 aromatic heterocycles. The third kappa shape index (κ3) is 9.43. The molecule has 0 aliphatic heterocycles. The van der Waals surface area contributed by atoms with Crippen molar-refractivity contribution in [3.8, 4) is 123 Å².